The van der Waals surface area contributed by atoms with Crippen molar-refractivity contribution in [2.24, 2.45) is 0 Å². The van der Waals surface area contributed by atoms with Gasteiger partial charge in [0.25, 0.3) is 0 Å². The van der Waals surface area contributed by atoms with Crippen molar-refractivity contribution in [3.63, 3.8) is 0 Å². The Bertz CT molecular complexity index is 1580. The summed E-state index contributed by atoms with van der Waals surface area (Å²) in [5.74, 6) is 0.717. The highest BCUT2D eigenvalue weighted by molar-refractivity contribution is 6.12. The summed E-state index contributed by atoms with van der Waals surface area (Å²) in [4.78, 5) is 9.96. The van der Waals surface area contributed by atoms with Crippen molar-refractivity contribution in [1.29, 1.82) is 0 Å². The molecule has 0 radical (unpaired) electrons. The third-order valence-corrected chi connectivity index (χ3v) is 5.75. The van der Waals surface area contributed by atoms with Crippen LogP contribution in [-0.4, -0.2) is 9.97 Å². The molecule has 0 bridgehead atoms. The highest BCUT2D eigenvalue weighted by Gasteiger charge is 2.16. The second-order valence-electron chi connectivity index (χ2n) is 7.97. The third kappa shape index (κ3) is 3.15. The van der Waals surface area contributed by atoms with E-state index in [2.05, 4.69) is 55.5 Å². The molecule has 6 rings (SSSR count). The Kier molecular flexibility index (Phi) is 4.32. The van der Waals surface area contributed by atoms with Gasteiger partial charge in [0.05, 0.1) is 11.4 Å². The fraction of sp³-hybridized carbons (Fsp3) is 0.0345. The van der Waals surface area contributed by atoms with E-state index < -0.39 is 0 Å². The first-order valence-electron chi connectivity index (χ1n) is 10.7. The van der Waals surface area contributed by atoms with Crippen molar-refractivity contribution < 1.29 is 4.42 Å². The molecule has 4 aromatic carbocycles. The Morgan fingerprint density at radius 2 is 1.31 bits per heavy atom. The minimum Gasteiger partial charge on any atom is -0.456 e. The molecule has 0 saturated heterocycles. The maximum absolute atomic E-state index is 6.12. The fourth-order valence-corrected chi connectivity index (χ4v) is 4.24. The lowest BCUT2D eigenvalue weighted by Crippen LogP contribution is -1.96. The van der Waals surface area contributed by atoms with E-state index >= 15 is 0 Å². The number of fused-ring (bicyclic) bond motifs is 3. The van der Waals surface area contributed by atoms with E-state index in [1.54, 1.807) is 0 Å². The van der Waals surface area contributed by atoms with Gasteiger partial charge >= 0.3 is 0 Å². The zero-order valence-electron chi connectivity index (χ0n) is 17.6. The van der Waals surface area contributed by atoms with E-state index in [4.69, 9.17) is 14.4 Å². The Morgan fingerprint density at radius 1 is 0.594 bits per heavy atom. The molecular formula is C29H20N2O. The van der Waals surface area contributed by atoms with Gasteiger partial charge in [-0.3, -0.25) is 0 Å². The number of nitrogens with zero attached hydrogens (tertiary/aromatic N) is 2. The molecular weight excluding hydrogens is 392 g/mol. The average molecular weight is 412 g/mol. The number of hydrogen-bond acceptors (Lipinski definition) is 3. The maximum Gasteiger partial charge on any atom is 0.160 e. The van der Waals surface area contributed by atoms with Gasteiger partial charge in [-0.25, -0.2) is 9.97 Å². The highest BCUT2D eigenvalue weighted by atomic mass is 16.3. The highest BCUT2D eigenvalue weighted by Crippen LogP contribution is 2.37. The van der Waals surface area contributed by atoms with Gasteiger partial charge in [-0.1, -0.05) is 84.4 Å². The smallest absolute Gasteiger partial charge is 0.160 e. The SMILES string of the molecule is Cc1cccc(-c2nc(-c3ccccc3)cc(-c3cccc4oc5ccccc5c34)n2)c1. The van der Waals surface area contributed by atoms with Crippen LogP contribution in [-0.2, 0) is 0 Å². The van der Waals surface area contributed by atoms with Gasteiger partial charge in [-0.2, -0.15) is 0 Å². The van der Waals surface area contributed by atoms with E-state index in [9.17, 15) is 0 Å². The lowest BCUT2D eigenvalue weighted by atomic mass is 10.0. The van der Waals surface area contributed by atoms with Gasteiger partial charge in [0.15, 0.2) is 5.82 Å². The predicted octanol–water partition coefficient (Wildman–Crippen LogP) is 7.69. The minimum atomic E-state index is 0.717. The van der Waals surface area contributed by atoms with Crippen LogP contribution in [0, 0.1) is 6.92 Å². The number of aryl methyl sites for hydroxylation is 1. The molecule has 0 unspecified atom stereocenters. The molecule has 0 N–H and O–H groups in total. The molecule has 32 heavy (non-hydrogen) atoms. The van der Waals surface area contributed by atoms with Gasteiger partial charge in [0, 0.05) is 27.5 Å². The van der Waals surface area contributed by atoms with Crippen molar-refractivity contribution in [2.45, 2.75) is 6.92 Å². The van der Waals surface area contributed by atoms with E-state index in [0.717, 1.165) is 55.8 Å². The predicted molar refractivity (Wildman–Crippen MR) is 130 cm³/mol. The largest absolute Gasteiger partial charge is 0.456 e. The monoisotopic (exact) mass is 412 g/mol. The number of benzene rings is 4. The zero-order chi connectivity index (χ0) is 21.5. The number of aromatic nitrogens is 2. The number of rotatable bonds is 3. The summed E-state index contributed by atoms with van der Waals surface area (Å²) in [5.41, 5.74) is 7.82. The molecule has 2 heterocycles. The topological polar surface area (TPSA) is 38.9 Å². The van der Waals surface area contributed by atoms with Gasteiger partial charge in [-0.15, -0.1) is 0 Å². The fourth-order valence-electron chi connectivity index (χ4n) is 4.24. The van der Waals surface area contributed by atoms with E-state index in [1.165, 1.54) is 5.56 Å². The summed E-state index contributed by atoms with van der Waals surface area (Å²) in [6.45, 7) is 2.09. The number of furan rings is 1. The molecule has 0 aliphatic heterocycles. The molecule has 0 aliphatic rings. The Hall–Kier alpha value is -4.24. The molecule has 0 spiro atoms. The summed E-state index contributed by atoms with van der Waals surface area (Å²) in [6.07, 6.45) is 0. The first kappa shape index (κ1) is 18.5. The zero-order valence-corrected chi connectivity index (χ0v) is 17.6. The Labute approximate surface area is 186 Å². The summed E-state index contributed by atoms with van der Waals surface area (Å²) >= 11 is 0. The molecule has 0 aliphatic carbocycles. The number of hydrogen-bond donors (Lipinski definition) is 0. The summed E-state index contributed by atoms with van der Waals surface area (Å²) < 4.78 is 6.12. The Balaban J connectivity index is 1.65. The van der Waals surface area contributed by atoms with Crippen LogP contribution in [0.4, 0.5) is 0 Å². The molecule has 3 heteroatoms. The van der Waals surface area contributed by atoms with Gasteiger partial charge < -0.3 is 4.42 Å². The second kappa shape index (κ2) is 7.47. The van der Waals surface area contributed by atoms with Crippen LogP contribution < -0.4 is 0 Å². The molecule has 6 aromatic rings. The van der Waals surface area contributed by atoms with E-state index in [1.807, 2.05) is 54.6 Å². The molecule has 0 saturated carbocycles. The minimum absolute atomic E-state index is 0.717. The lowest BCUT2D eigenvalue weighted by Gasteiger charge is -2.10. The van der Waals surface area contributed by atoms with Crippen LogP contribution in [0.1, 0.15) is 5.56 Å². The maximum atomic E-state index is 6.12. The van der Waals surface area contributed by atoms with Crippen molar-refractivity contribution >= 4 is 21.9 Å². The van der Waals surface area contributed by atoms with Crippen molar-refractivity contribution in [3.05, 3.63) is 109 Å². The van der Waals surface area contributed by atoms with Crippen molar-refractivity contribution in [3.8, 4) is 33.9 Å². The molecule has 3 nitrogen and oxygen atoms in total. The quantitative estimate of drug-likeness (QED) is 0.299. The van der Waals surface area contributed by atoms with Crippen LogP contribution in [0.2, 0.25) is 0 Å². The van der Waals surface area contributed by atoms with Crippen LogP contribution >= 0.6 is 0 Å². The van der Waals surface area contributed by atoms with Gasteiger partial charge in [-0.05, 0) is 31.2 Å². The van der Waals surface area contributed by atoms with Gasteiger partial charge in [0.1, 0.15) is 11.2 Å². The van der Waals surface area contributed by atoms with Crippen molar-refractivity contribution in [1.82, 2.24) is 9.97 Å². The normalized spacial score (nSPS) is 11.3. The standard InChI is InChI=1S/C29H20N2O/c1-19-9-7-12-21(17-19)29-30-24(20-10-3-2-4-11-20)18-25(31-29)22-14-8-16-27-28(22)23-13-5-6-15-26(23)32-27/h2-18H,1H3. The molecule has 0 atom stereocenters. The molecule has 0 amide bonds. The molecule has 2 aromatic heterocycles. The molecule has 0 fully saturated rings. The third-order valence-electron chi connectivity index (χ3n) is 5.75. The summed E-state index contributed by atoms with van der Waals surface area (Å²) in [7, 11) is 0. The van der Waals surface area contributed by atoms with Crippen LogP contribution in [0.5, 0.6) is 0 Å². The average Bonchev–Trinajstić information content (AvgIpc) is 3.23. The van der Waals surface area contributed by atoms with Crippen LogP contribution in [0.15, 0.2) is 108 Å². The van der Waals surface area contributed by atoms with E-state index in [0.29, 0.717) is 0 Å². The Morgan fingerprint density at radius 3 is 2.19 bits per heavy atom. The van der Waals surface area contributed by atoms with Crippen molar-refractivity contribution in [2.75, 3.05) is 0 Å². The second-order valence-corrected chi connectivity index (χ2v) is 7.97. The summed E-state index contributed by atoms with van der Waals surface area (Å²) in [5, 5.41) is 2.17. The molecule has 152 valence electrons. The first-order valence-corrected chi connectivity index (χ1v) is 10.7. The first-order chi connectivity index (χ1) is 15.8. The number of para-hydroxylation sites is 1. The summed E-state index contributed by atoms with van der Waals surface area (Å²) in [6, 6.07) is 35.0. The van der Waals surface area contributed by atoms with Crippen LogP contribution in [0.3, 0.4) is 0 Å². The van der Waals surface area contributed by atoms with Gasteiger partial charge in [0.2, 0.25) is 0 Å². The van der Waals surface area contributed by atoms with Crippen LogP contribution in [0.25, 0.3) is 55.8 Å². The van der Waals surface area contributed by atoms with E-state index in [-0.39, 0.29) is 0 Å². The lowest BCUT2D eigenvalue weighted by molar-refractivity contribution is 0.669.